The van der Waals surface area contributed by atoms with Gasteiger partial charge in [-0.1, -0.05) is 6.42 Å². The van der Waals surface area contributed by atoms with Gasteiger partial charge in [-0.25, -0.2) is 0 Å². The molecule has 2 nitrogen and oxygen atoms in total. The van der Waals surface area contributed by atoms with Crippen LogP contribution in [0.5, 0.6) is 0 Å². The van der Waals surface area contributed by atoms with Crippen LogP contribution in [0.4, 0.5) is 0 Å². The van der Waals surface area contributed by atoms with E-state index in [4.69, 9.17) is 11.6 Å². The first-order valence-electron chi connectivity index (χ1n) is 5.69. The number of carbonyl (C=O) groups is 1. The Labute approximate surface area is 90.6 Å². The minimum absolute atomic E-state index is 0.332. The Morgan fingerprint density at radius 2 is 1.86 bits per heavy atom. The van der Waals surface area contributed by atoms with Crippen molar-refractivity contribution >= 4 is 17.5 Å². The largest absolute Gasteiger partial charge is 0.338 e. The van der Waals surface area contributed by atoms with E-state index in [2.05, 4.69) is 0 Å². The molecule has 0 atom stereocenters. The van der Waals surface area contributed by atoms with Gasteiger partial charge < -0.3 is 4.90 Å². The maximum absolute atomic E-state index is 12.0. The highest BCUT2D eigenvalue weighted by Crippen LogP contribution is 2.32. The van der Waals surface area contributed by atoms with Crippen molar-refractivity contribution in [2.24, 2.45) is 5.92 Å². The summed E-state index contributed by atoms with van der Waals surface area (Å²) in [5.74, 6) is 1.29. The van der Waals surface area contributed by atoms with Gasteiger partial charge in [0.05, 0.1) is 0 Å². The third kappa shape index (κ3) is 1.90. The van der Waals surface area contributed by atoms with Crippen LogP contribution in [0.15, 0.2) is 0 Å². The predicted octanol–water partition coefficient (Wildman–Crippen LogP) is 2.41. The van der Waals surface area contributed by atoms with Gasteiger partial charge in [-0.3, -0.25) is 4.79 Å². The number of halogens is 1. The van der Waals surface area contributed by atoms with E-state index in [-0.39, 0.29) is 0 Å². The minimum atomic E-state index is 0.332. The Balaban J connectivity index is 1.90. The van der Waals surface area contributed by atoms with Crippen LogP contribution < -0.4 is 0 Å². The van der Waals surface area contributed by atoms with Crippen LogP contribution in [-0.4, -0.2) is 29.3 Å². The molecule has 0 aromatic carbocycles. The van der Waals surface area contributed by atoms with E-state index in [0.29, 0.717) is 23.7 Å². The Morgan fingerprint density at radius 3 is 2.21 bits per heavy atom. The monoisotopic (exact) mass is 215 g/mol. The molecule has 3 heteroatoms. The molecule has 2 aliphatic rings. The van der Waals surface area contributed by atoms with Crippen molar-refractivity contribution in [3.05, 3.63) is 0 Å². The Bertz CT molecular complexity index is 211. The van der Waals surface area contributed by atoms with E-state index in [1.807, 2.05) is 4.90 Å². The number of hydrogen-bond donors (Lipinski definition) is 0. The van der Waals surface area contributed by atoms with Gasteiger partial charge in [-0.05, 0) is 32.1 Å². The van der Waals surface area contributed by atoms with Crippen LogP contribution in [0.3, 0.4) is 0 Å². The first-order chi connectivity index (χ1) is 6.83. The zero-order chi connectivity index (χ0) is 9.97. The van der Waals surface area contributed by atoms with Gasteiger partial charge in [0.15, 0.2) is 0 Å². The molecule has 80 valence electrons. The Hall–Kier alpha value is -0.240. The fourth-order valence-electron chi connectivity index (χ4n) is 2.15. The zero-order valence-corrected chi connectivity index (χ0v) is 9.30. The fourth-order valence-corrected chi connectivity index (χ4v) is 2.33. The molecule has 0 unspecified atom stereocenters. The summed E-state index contributed by atoms with van der Waals surface area (Å²) < 4.78 is 0. The van der Waals surface area contributed by atoms with Gasteiger partial charge in [0.25, 0.3) is 0 Å². The molecule has 0 spiro atoms. The summed E-state index contributed by atoms with van der Waals surface area (Å²) in [7, 11) is 0. The first-order valence-corrected chi connectivity index (χ1v) is 6.23. The highest BCUT2D eigenvalue weighted by Gasteiger charge is 2.34. The quantitative estimate of drug-likeness (QED) is 0.660. The van der Waals surface area contributed by atoms with E-state index in [0.717, 1.165) is 19.4 Å². The number of hydrogen-bond acceptors (Lipinski definition) is 1. The van der Waals surface area contributed by atoms with Crippen molar-refractivity contribution in [3.8, 4) is 0 Å². The van der Waals surface area contributed by atoms with E-state index in [1.165, 1.54) is 25.7 Å². The molecular weight excluding hydrogens is 198 g/mol. The lowest BCUT2D eigenvalue weighted by atomic mass is 9.82. The number of amides is 1. The molecule has 1 amide bonds. The van der Waals surface area contributed by atoms with Gasteiger partial charge in [0.2, 0.25) is 5.91 Å². The summed E-state index contributed by atoms with van der Waals surface area (Å²) in [6, 6.07) is 0.516. The molecule has 0 bridgehead atoms. The average Bonchev–Trinajstić information content (AvgIpc) is 1.96. The summed E-state index contributed by atoms with van der Waals surface area (Å²) in [5, 5.41) is 0. The van der Waals surface area contributed by atoms with Gasteiger partial charge in [0.1, 0.15) is 0 Å². The molecule has 0 aromatic rings. The molecule has 0 aliphatic heterocycles. The molecular formula is C11H18ClNO. The lowest BCUT2D eigenvalue weighted by molar-refractivity contribution is -0.142. The third-order valence-corrected chi connectivity index (χ3v) is 3.75. The maximum Gasteiger partial charge on any atom is 0.225 e. The van der Waals surface area contributed by atoms with Crippen LogP contribution in [0.25, 0.3) is 0 Å². The number of alkyl halides is 1. The Kier molecular flexibility index (Phi) is 3.32. The highest BCUT2D eigenvalue weighted by molar-refractivity contribution is 6.18. The van der Waals surface area contributed by atoms with Crippen molar-refractivity contribution in [1.29, 1.82) is 0 Å². The summed E-state index contributed by atoms with van der Waals surface area (Å²) in [6.45, 7) is 0.752. The van der Waals surface area contributed by atoms with Crippen molar-refractivity contribution in [2.75, 3.05) is 12.4 Å². The molecule has 0 radical (unpaired) electrons. The smallest absolute Gasteiger partial charge is 0.225 e. The molecule has 14 heavy (non-hydrogen) atoms. The van der Waals surface area contributed by atoms with Crippen LogP contribution in [0, 0.1) is 5.92 Å². The summed E-state index contributed by atoms with van der Waals surface area (Å²) >= 11 is 5.74. The van der Waals surface area contributed by atoms with Crippen molar-refractivity contribution in [1.82, 2.24) is 4.90 Å². The molecule has 2 aliphatic carbocycles. The third-order valence-electron chi connectivity index (χ3n) is 3.58. The lowest BCUT2D eigenvalue weighted by Gasteiger charge is -2.40. The summed E-state index contributed by atoms with van der Waals surface area (Å²) in [6.07, 6.45) is 7.09. The molecule has 2 fully saturated rings. The lowest BCUT2D eigenvalue weighted by Crippen LogP contribution is -2.48. The zero-order valence-electron chi connectivity index (χ0n) is 8.54. The van der Waals surface area contributed by atoms with Crippen LogP contribution in [-0.2, 0) is 4.79 Å². The van der Waals surface area contributed by atoms with Crippen LogP contribution in [0.2, 0.25) is 0 Å². The molecule has 0 N–H and O–H groups in total. The van der Waals surface area contributed by atoms with Gasteiger partial charge in [-0.2, -0.15) is 0 Å². The number of rotatable bonds is 4. The van der Waals surface area contributed by atoms with Gasteiger partial charge in [-0.15, -0.1) is 11.6 Å². The van der Waals surface area contributed by atoms with Crippen LogP contribution >= 0.6 is 11.6 Å². The minimum Gasteiger partial charge on any atom is -0.338 e. The topological polar surface area (TPSA) is 20.3 Å². The maximum atomic E-state index is 12.0. The SMILES string of the molecule is O=C(C1CCC1)N(CCCl)C1CCC1. The van der Waals surface area contributed by atoms with E-state index >= 15 is 0 Å². The second-order valence-electron chi connectivity index (χ2n) is 4.43. The fraction of sp³-hybridized carbons (Fsp3) is 0.909. The second kappa shape index (κ2) is 4.52. The molecule has 0 aromatic heterocycles. The predicted molar refractivity (Wildman–Crippen MR) is 57.4 cm³/mol. The number of nitrogens with zero attached hydrogens (tertiary/aromatic N) is 1. The average molecular weight is 216 g/mol. The second-order valence-corrected chi connectivity index (χ2v) is 4.81. The summed E-state index contributed by atoms with van der Waals surface area (Å²) in [4.78, 5) is 14.1. The molecule has 0 saturated heterocycles. The number of carbonyl (C=O) groups excluding carboxylic acids is 1. The van der Waals surface area contributed by atoms with E-state index in [1.54, 1.807) is 0 Å². The van der Waals surface area contributed by atoms with Crippen molar-refractivity contribution in [3.63, 3.8) is 0 Å². The highest BCUT2D eigenvalue weighted by atomic mass is 35.5. The van der Waals surface area contributed by atoms with Gasteiger partial charge >= 0.3 is 0 Å². The Morgan fingerprint density at radius 1 is 1.21 bits per heavy atom. The van der Waals surface area contributed by atoms with Gasteiger partial charge in [0, 0.05) is 24.4 Å². The standard InChI is InChI=1S/C11H18ClNO/c12-7-8-13(10-5-2-6-10)11(14)9-3-1-4-9/h9-10H,1-8H2. The molecule has 2 rings (SSSR count). The summed E-state index contributed by atoms with van der Waals surface area (Å²) in [5.41, 5.74) is 0. The molecule has 0 heterocycles. The molecule has 2 saturated carbocycles. The van der Waals surface area contributed by atoms with E-state index < -0.39 is 0 Å². The van der Waals surface area contributed by atoms with Crippen LogP contribution in [0.1, 0.15) is 38.5 Å². The first kappa shape index (κ1) is 10.3. The van der Waals surface area contributed by atoms with E-state index in [9.17, 15) is 4.79 Å². The van der Waals surface area contributed by atoms with Crippen molar-refractivity contribution < 1.29 is 4.79 Å². The normalized spacial score (nSPS) is 22.6. The van der Waals surface area contributed by atoms with Crippen molar-refractivity contribution in [2.45, 2.75) is 44.6 Å².